The Morgan fingerprint density at radius 3 is 2.46 bits per heavy atom. The smallest absolute Gasteiger partial charge is 0.197 e. The Kier molecular flexibility index (Phi) is 5.45. The number of halogens is 2. The fourth-order valence-electron chi connectivity index (χ4n) is 3.16. The lowest BCUT2D eigenvalue weighted by Crippen LogP contribution is -2.06. The zero-order valence-electron chi connectivity index (χ0n) is 15.2. The molecule has 1 saturated carbocycles. The summed E-state index contributed by atoms with van der Waals surface area (Å²) in [6.45, 7) is 0.769. The lowest BCUT2D eigenvalue weighted by Gasteiger charge is -2.12. The normalized spacial score (nSPS) is 18.1. The molecule has 0 saturated heterocycles. The van der Waals surface area contributed by atoms with Gasteiger partial charge in [-0.25, -0.2) is 24.3 Å². The Morgan fingerprint density at radius 2 is 1.75 bits per heavy atom. The third kappa shape index (κ3) is 3.95. The summed E-state index contributed by atoms with van der Waals surface area (Å²) in [6.07, 6.45) is 7.78. The number of aromatic nitrogens is 4. The Balaban J connectivity index is 1.53. The SMILES string of the molecule is COCCOc1cc(F)c(Cl)cc1C1CC1c1cnc(-c2ncccn2)nc1. The number of ether oxygens (including phenoxy) is 2. The van der Waals surface area contributed by atoms with Gasteiger partial charge in [0, 0.05) is 38.0 Å². The zero-order chi connectivity index (χ0) is 19.5. The topological polar surface area (TPSA) is 70.0 Å². The van der Waals surface area contributed by atoms with Crippen LogP contribution >= 0.6 is 11.6 Å². The largest absolute Gasteiger partial charge is 0.491 e. The van der Waals surface area contributed by atoms with Crippen LogP contribution in [-0.4, -0.2) is 40.3 Å². The lowest BCUT2D eigenvalue weighted by atomic mass is 10.1. The van der Waals surface area contributed by atoms with Gasteiger partial charge in [-0.1, -0.05) is 11.6 Å². The van der Waals surface area contributed by atoms with E-state index < -0.39 is 5.82 Å². The van der Waals surface area contributed by atoms with E-state index in [9.17, 15) is 4.39 Å². The zero-order valence-corrected chi connectivity index (χ0v) is 15.9. The quantitative estimate of drug-likeness (QED) is 0.558. The van der Waals surface area contributed by atoms with Gasteiger partial charge >= 0.3 is 0 Å². The first-order chi connectivity index (χ1) is 13.7. The predicted molar refractivity (Wildman–Crippen MR) is 102 cm³/mol. The van der Waals surface area contributed by atoms with Crippen molar-refractivity contribution in [3.05, 3.63) is 65.0 Å². The Hall–Kier alpha value is -2.64. The number of hydrogen-bond acceptors (Lipinski definition) is 6. The van der Waals surface area contributed by atoms with Crippen LogP contribution in [-0.2, 0) is 4.74 Å². The summed E-state index contributed by atoms with van der Waals surface area (Å²) < 4.78 is 24.6. The minimum Gasteiger partial charge on any atom is -0.491 e. The van der Waals surface area contributed by atoms with Crippen LogP contribution in [0, 0.1) is 5.82 Å². The standard InChI is InChI=1S/C20H18ClFN4O2/c1-27-5-6-28-18-9-17(22)16(21)8-15(18)14-7-13(14)12-10-25-20(26-11-12)19-23-3-2-4-24-19/h2-4,8-11,13-14H,5-7H2,1H3. The molecule has 0 radical (unpaired) electrons. The van der Waals surface area contributed by atoms with Gasteiger partial charge in [0.25, 0.3) is 0 Å². The van der Waals surface area contributed by atoms with E-state index in [1.165, 1.54) is 6.07 Å². The van der Waals surface area contributed by atoms with Crippen molar-refractivity contribution in [3.8, 4) is 17.4 Å². The van der Waals surface area contributed by atoms with Crippen molar-refractivity contribution in [1.82, 2.24) is 19.9 Å². The van der Waals surface area contributed by atoms with Crippen LogP contribution in [0.2, 0.25) is 5.02 Å². The summed E-state index contributed by atoms with van der Waals surface area (Å²) in [7, 11) is 1.59. The molecular formula is C20H18ClFN4O2. The maximum Gasteiger partial charge on any atom is 0.197 e. The van der Waals surface area contributed by atoms with Crippen molar-refractivity contribution in [3.63, 3.8) is 0 Å². The van der Waals surface area contributed by atoms with Crippen LogP contribution in [0.5, 0.6) is 5.75 Å². The summed E-state index contributed by atoms with van der Waals surface area (Å²) in [6, 6.07) is 4.73. The Morgan fingerprint density at radius 1 is 1.04 bits per heavy atom. The highest BCUT2D eigenvalue weighted by Gasteiger charge is 2.42. The first kappa shape index (κ1) is 18.7. The van der Waals surface area contributed by atoms with Crippen molar-refractivity contribution in [2.75, 3.05) is 20.3 Å². The first-order valence-corrected chi connectivity index (χ1v) is 9.25. The molecule has 2 aromatic heterocycles. The highest BCUT2D eigenvalue weighted by atomic mass is 35.5. The molecule has 1 aliphatic rings. The molecule has 0 bridgehead atoms. The van der Waals surface area contributed by atoms with Gasteiger partial charge in [-0.2, -0.15) is 0 Å². The summed E-state index contributed by atoms with van der Waals surface area (Å²) >= 11 is 6.01. The minimum atomic E-state index is -0.495. The molecule has 0 aliphatic heterocycles. The Bertz CT molecular complexity index is 956. The summed E-state index contributed by atoms with van der Waals surface area (Å²) in [5, 5.41) is 0.0903. The summed E-state index contributed by atoms with van der Waals surface area (Å²) in [5.74, 6) is 1.39. The molecule has 4 rings (SSSR count). The van der Waals surface area contributed by atoms with Crippen molar-refractivity contribution < 1.29 is 13.9 Å². The second kappa shape index (κ2) is 8.16. The van der Waals surface area contributed by atoms with E-state index in [1.807, 2.05) is 0 Å². The van der Waals surface area contributed by atoms with Gasteiger partial charge in [0.1, 0.15) is 18.2 Å². The minimum absolute atomic E-state index is 0.0903. The van der Waals surface area contributed by atoms with Gasteiger partial charge in [0.05, 0.1) is 11.6 Å². The van der Waals surface area contributed by atoms with Crippen LogP contribution in [0.1, 0.15) is 29.4 Å². The summed E-state index contributed by atoms with van der Waals surface area (Å²) in [5.41, 5.74) is 1.90. The second-order valence-electron chi connectivity index (χ2n) is 6.51. The molecule has 28 heavy (non-hydrogen) atoms. The fourth-order valence-corrected chi connectivity index (χ4v) is 3.33. The molecule has 1 aromatic carbocycles. The highest BCUT2D eigenvalue weighted by Crippen LogP contribution is 2.57. The van der Waals surface area contributed by atoms with Crippen molar-refractivity contribution in [2.24, 2.45) is 0 Å². The average Bonchev–Trinajstić information content (AvgIpc) is 3.52. The van der Waals surface area contributed by atoms with Crippen LogP contribution in [0.3, 0.4) is 0 Å². The van der Waals surface area contributed by atoms with Gasteiger partial charge in [0.2, 0.25) is 0 Å². The number of benzene rings is 1. The maximum atomic E-state index is 13.9. The van der Waals surface area contributed by atoms with Gasteiger partial charge in [0.15, 0.2) is 11.6 Å². The number of nitrogens with zero attached hydrogens (tertiary/aromatic N) is 4. The third-order valence-corrected chi connectivity index (χ3v) is 4.94. The van der Waals surface area contributed by atoms with Crippen LogP contribution in [0.15, 0.2) is 43.0 Å². The molecule has 144 valence electrons. The molecule has 2 heterocycles. The molecule has 2 unspecified atom stereocenters. The summed E-state index contributed by atoms with van der Waals surface area (Å²) in [4.78, 5) is 17.1. The monoisotopic (exact) mass is 400 g/mol. The van der Waals surface area contributed by atoms with Crippen molar-refractivity contribution >= 4 is 11.6 Å². The van der Waals surface area contributed by atoms with Crippen molar-refractivity contribution in [1.29, 1.82) is 0 Å². The fraction of sp³-hybridized carbons (Fsp3) is 0.300. The van der Waals surface area contributed by atoms with Crippen LogP contribution in [0.25, 0.3) is 11.6 Å². The molecule has 0 spiro atoms. The van der Waals surface area contributed by atoms with E-state index in [0.717, 1.165) is 17.5 Å². The van der Waals surface area contributed by atoms with Gasteiger partial charge in [-0.05, 0) is 41.5 Å². The predicted octanol–water partition coefficient (Wildman–Crippen LogP) is 4.02. The number of methoxy groups -OCH3 is 1. The molecule has 1 fully saturated rings. The molecule has 0 amide bonds. The van der Waals surface area contributed by atoms with E-state index in [1.54, 1.807) is 44.0 Å². The lowest BCUT2D eigenvalue weighted by molar-refractivity contribution is 0.145. The third-order valence-electron chi connectivity index (χ3n) is 4.65. The van der Waals surface area contributed by atoms with E-state index >= 15 is 0 Å². The molecule has 1 aliphatic carbocycles. The van der Waals surface area contributed by atoms with Gasteiger partial charge in [-0.3, -0.25) is 0 Å². The van der Waals surface area contributed by atoms with Crippen LogP contribution < -0.4 is 4.74 Å². The van der Waals surface area contributed by atoms with Gasteiger partial charge in [-0.15, -0.1) is 0 Å². The number of rotatable bonds is 7. The maximum absolute atomic E-state index is 13.9. The molecule has 6 nitrogen and oxygen atoms in total. The Labute approximate surface area is 166 Å². The molecular weight excluding hydrogens is 383 g/mol. The van der Waals surface area contributed by atoms with E-state index in [0.29, 0.717) is 30.6 Å². The van der Waals surface area contributed by atoms with E-state index in [-0.39, 0.29) is 16.9 Å². The first-order valence-electron chi connectivity index (χ1n) is 8.87. The average molecular weight is 401 g/mol. The molecule has 8 heteroatoms. The highest BCUT2D eigenvalue weighted by molar-refractivity contribution is 6.30. The van der Waals surface area contributed by atoms with E-state index in [4.69, 9.17) is 21.1 Å². The molecule has 3 aromatic rings. The van der Waals surface area contributed by atoms with Crippen molar-refractivity contribution in [2.45, 2.75) is 18.3 Å². The van der Waals surface area contributed by atoms with Crippen LogP contribution in [0.4, 0.5) is 4.39 Å². The number of hydrogen-bond donors (Lipinski definition) is 0. The van der Waals surface area contributed by atoms with E-state index in [2.05, 4.69) is 19.9 Å². The molecule has 2 atom stereocenters. The molecule has 0 N–H and O–H groups in total. The second-order valence-corrected chi connectivity index (χ2v) is 6.91. The van der Waals surface area contributed by atoms with Gasteiger partial charge < -0.3 is 9.47 Å².